The fraction of sp³-hybridized carbons (Fsp3) is 0.333. The summed E-state index contributed by atoms with van der Waals surface area (Å²) in [5.74, 6) is 1.33. The molecule has 0 atom stereocenters. The van der Waals surface area contributed by atoms with Crippen molar-refractivity contribution in [3.8, 4) is 23.0 Å². The molecule has 216 valence electrons. The Balaban J connectivity index is 1.62. The normalized spacial score (nSPS) is 11.0. The van der Waals surface area contributed by atoms with Gasteiger partial charge in [-0.3, -0.25) is 4.79 Å². The lowest BCUT2D eigenvalue weighted by Crippen LogP contribution is -2.15. The molecule has 0 N–H and O–H groups in total. The molecule has 0 aliphatic rings. The predicted octanol–water partition coefficient (Wildman–Crippen LogP) is 5.99. The summed E-state index contributed by atoms with van der Waals surface area (Å²) in [5.41, 5.74) is 3.70. The first kappa shape index (κ1) is 29.5. The standard InChI is InChI=1S/C33H36O8/c1-20(2)40-27-15-14-24-21(3)25(13-12-22-10-8-7-9-11-22)33(35)41-31(24)26(27)19-39-30(34)18-23-16-28(36-4)32(38-6)29(17-23)37-5/h7-11,14-17,20H,12-13,18-19H2,1-6H3. The first-order valence-corrected chi connectivity index (χ1v) is 13.5. The average molecular weight is 561 g/mol. The van der Waals surface area contributed by atoms with Crippen LogP contribution in [0.2, 0.25) is 0 Å². The number of ether oxygens (including phenoxy) is 5. The fourth-order valence-corrected chi connectivity index (χ4v) is 4.80. The van der Waals surface area contributed by atoms with E-state index >= 15 is 0 Å². The smallest absolute Gasteiger partial charge is 0.339 e. The van der Waals surface area contributed by atoms with Crippen LogP contribution in [0.4, 0.5) is 0 Å². The van der Waals surface area contributed by atoms with Gasteiger partial charge >= 0.3 is 11.6 Å². The van der Waals surface area contributed by atoms with E-state index < -0.39 is 11.6 Å². The van der Waals surface area contributed by atoms with Crippen LogP contribution in [-0.4, -0.2) is 33.4 Å². The minimum Gasteiger partial charge on any atom is -0.493 e. The maximum Gasteiger partial charge on any atom is 0.339 e. The number of hydrogen-bond donors (Lipinski definition) is 0. The maximum atomic E-state index is 13.2. The average Bonchev–Trinajstić information content (AvgIpc) is 2.96. The van der Waals surface area contributed by atoms with Crippen LogP contribution >= 0.6 is 0 Å². The second-order valence-electron chi connectivity index (χ2n) is 9.94. The van der Waals surface area contributed by atoms with E-state index in [-0.39, 0.29) is 19.1 Å². The number of methoxy groups -OCH3 is 3. The van der Waals surface area contributed by atoms with Gasteiger partial charge in [-0.05, 0) is 74.6 Å². The first-order valence-electron chi connectivity index (χ1n) is 13.5. The van der Waals surface area contributed by atoms with Crippen molar-refractivity contribution < 1.29 is 32.9 Å². The van der Waals surface area contributed by atoms with Crippen LogP contribution in [0, 0.1) is 6.92 Å². The van der Waals surface area contributed by atoms with Gasteiger partial charge in [0.15, 0.2) is 11.5 Å². The summed E-state index contributed by atoms with van der Waals surface area (Å²) in [6.07, 6.45) is 1.10. The molecule has 0 radical (unpaired) electrons. The second-order valence-corrected chi connectivity index (χ2v) is 9.94. The molecule has 8 nitrogen and oxygen atoms in total. The summed E-state index contributed by atoms with van der Waals surface area (Å²) in [4.78, 5) is 26.1. The highest BCUT2D eigenvalue weighted by Gasteiger charge is 2.21. The zero-order valence-corrected chi connectivity index (χ0v) is 24.4. The van der Waals surface area contributed by atoms with Crippen LogP contribution in [0.3, 0.4) is 0 Å². The van der Waals surface area contributed by atoms with Crippen LogP contribution < -0.4 is 24.6 Å². The Morgan fingerprint density at radius 1 is 0.829 bits per heavy atom. The summed E-state index contributed by atoms with van der Waals surface area (Å²) in [5, 5.41) is 0.777. The van der Waals surface area contributed by atoms with Gasteiger partial charge in [0.25, 0.3) is 0 Å². The van der Waals surface area contributed by atoms with Crippen LogP contribution in [0.25, 0.3) is 11.0 Å². The molecule has 0 unspecified atom stereocenters. The number of aryl methyl sites for hydroxylation is 2. The monoisotopic (exact) mass is 560 g/mol. The lowest BCUT2D eigenvalue weighted by molar-refractivity contribution is -0.144. The van der Waals surface area contributed by atoms with E-state index in [2.05, 4.69) is 0 Å². The molecule has 8 heteroatoms. The Morgan fingerprint density at radius 2 is 1.51 bits per heavy atom. The quantitative estimate of drug-likeness (QED) is 0.154. The Bertz CT molecular complexity index is 1550. The van der Waals surface area contributed by atoms with E-state index in [4.69, 9.17) is 28.1 Å². The highest BCUT2D eigenvalue weighted by molar-refractivity contribution is 5.86. The van der Waals surface area contributed by atoms with E-state index in [1.165, 1.54) is 21.3 Å². The minimum atomic E-state index is -0.481. The van der Waals surface area contributed by atoms with Crippen molar-refractivity contribution in [1.29, 1.82) is 0 Å². The van der Waals surface area contributed by atoms with Crippen molar-refractivity contribution in [2.24, 2.45) is 0 Å². The SMILES string of the molecule is COc1cc(CC(=O)OCc2c(OC(C)C)ccc3c(C)c(CCc4ccccc4)c(=O)oc23)cc(OC)c1OC. The number of benzene rings is 3. The molecule has 3 aromatic carbocycles. The molecule has 1 aromatic heterocycles. The summed E-state index contributed by atoms with van der Waals surface area (Å²) in [7, 11) is 4.54. The van der Waals surface area contributed by atoms with E-state index in [1.807, 2.05) is 63.2 Å². The minimum absolute atomic E-state index is 0.0333. The first-order chi connectivity index (χ1) is 19.7. The van der Waals surface area contributed by atoms with Gasteiger partial charge in [-0.15, -0.1) is 0 Å². The van der Waals surface area contributed by atoms with Gasteiger partial charge in [0, 0.05) is 10.9 Å². The summed E-state index contributed by atoms with van der Waals surface area (Å²) in [6, 6.07) is 17.1. The number of esters is 1. The molecular weight excluding hydrogens is 524 g/mol. The van der Waals surface area contributed by atoms with Crippen molar-refractivity contribution in [1.82, 2.24) is 0 Å². The van der Waals surface area contributed by atoms with Crippen molar-refractivity contribution in [3.63, 3.8) is 0 Å². The number of rotatable bonds is 12. The van der Waals surface area contributed by atoms with Gasteiger partial charge in [0.1, 0.15) is 17.9 Å². The van der Waals surface area contributed by atoms with Gasteiger partial charge in [-0.1, -0.05) is 30.3 Å². The number of fused-ring (bicyclic) bond motifs is 1. The third kappa shape index (κ3) is 6.82. The summed E-state index contributed by atoms with van der Waals surface area (Å²) in [6.45, 7) is 5.59. The molecule has 0 aliphatic carbocycles. The van der Waals surface area contributed by atoms with Crippen LogP contribution in [0.5, 0.6) is 23.0 Å². The largest absolute Gasteiger partial charge is 0.493 e. The molecule has 41 heavy (non-hydrogen) atoms. The molecular formula is C33H36O8. The van der Waals surface area contributed by atoms with Crippen LogP contribution in [0.15, 0.2) is 63.8 Å². The van der Waals surface area contributed by atoms with E-state index in [1.54, 1.807) is 12.1 Å². The van der Waals surface area contributed by atoms with Crippen molar-refractivity contribution in [2.75, 3.05) is 21.3 Å². The van der Waals surface area contributed by atoms with E-state index in [0.717, 1.165) is 22.9 Å². The third-order valence-electron chi connectivity index (χ3n) is 6.83. The molecule has 0 saturated carbocycles. The Hall–Kier alpha value is -4.46. The van der Waals surface area contributed by atoms with Crippen molar-refractivity contribution in [3.05, 3.63) is 92.8 Å². The summed E-state index contributed by atoms with van der Waals surface area (Å²) >= 11 is 0. The number of carbonyl (C=O) groups is 1. The van der Waals surface area contributed by atoms with Crippen molar-refractivity contribution >= 4 is 16.9 Å². The number of carbonyl (C=O) groups excluding carboxylic acids is 1. The molecule has 0 saturated heterocycles. The van der Waals surface area contributed by atoms with E-state index in [0.29, 0.717) is 51.7 Å². The lowest BCUT2D eigenvalue weighted by Gasteiger charge is -2.17. The molecule has 4 aromatic rings. The predicted molar refractivity (Wildman–Crippen MR) is 156 cm³/mol. The molecule has 0 aliphatic heterocycles. The Kier molecular flexibility index (Phi) is 9.55. The Labute approximate surface area is 239 Å². The van der Waals surface area contributed by atoms with Gasteiger partial charge in [0.05, 0.1) is 39.4 Å². The fourth-order valence-electron chi connectivity index (χ4n) is 4.80. The van der Waals surface area contributed by atoms with Crippen LogP contribution in [-0.2, 0) is 35.4 Å². The second kappa shape index (κ2) is 13.3. The van der Waals surface area contributed by atoms with Gasteiger partial charge in [-0.2, -0.15) is 0 Å². The van der Waals surface area contributed by atoms with Gasteiger partial charge in [-0.25, -0.2) is 4.79 Å². The molecule has 0 bridgehead atoms. The Morgan fingerprint density at radius 3 is 2.12 bits per heavy atom. The molecule has 0 amide bonds. The number of hydrogen-bond acceptors (Lipinski definition) is 8. The van der Waals surface area contributed by atoms with Crippen LogP contribution in [0.1, 0.15) is 41.7 Å². The van der Waals surface area contributed by atoms with Gasteiger partial charge < -0.3 is 28.1 Å². The van der Waals surface area contributed by atoms with Crippen molar-refractivity contribution in [2.45, 2.75) is 52.7 Å². The topological polar surface area (TPSA) is 93.4 Å². The zero-order chi connectivity index (χ0) is 29.5. The maximum absolute atomic E-state index is 13.2. The molecule has 1 heterocycles. The highest BCUT2D eigenvalue weighted by Crippen LogP contribution is 2.38. The van der Waals surface area contributed by atoms with Gasteiger partial charge in [0.2, 0.25) is 5.75 Å². The molecule has 0 spiro atoms. The third-order valence-corrected chi connectivity index (χ3v) is 6.83. The lowest BCUT2D eigenvalue weighted by atomic mass is 9.98. The zero-order valence-electron chi connectivity index (χ0n) is 24.4. The highest BCUT2D eigenvalue weighted by atomic mass is 16.5. The van der Waals surface area contributed by atoms with E-state index in [9.17, 15) is 9.59 Å². The molecule has 4 rings (SSSR count). The molecule has 0 fully saturated rings. The summed E-state index contributed by atoms with van der Waals surface area (Å²) < 4.78 is 33.7.